The number of nitrogens with zero attached hydrogens (tertiary/aromatic N) is 3. The average molecular weight is 578 g/mol. The average Bonchev–Trinajstić information content (AvgIpc) is 3.24. The van der Waals surface area contributed by atoms with Crippen molar-refractivity contribution in [1.82, 2.24) is 20.2 Å². The first-order chi connectivity index (χ1) is 19.9. The first-order valence-corrected chi connectivity index (χ1v) is 14.4. The highest BCUT2D eigenvalue weighted by Crippen LogP contribution is 2.38. The number of benzene rings is 2. The van der Waals surface area contributed by atoms with Crippen LogP contribution < -0.4 is 15.8 Å². The molecule has 2 aromatic carbocycles. The number of ether oxygens (including phenoxy) is 2. The smallest absolute Gasteiger partial charge is 0.255 e. The number of nitrogens with two attached hydrogens (primary N) is 1. The Hall–Kier alpha value is -3.53. The number of hydrogen-bond acceptors (Lipinski definition) is 7. The van der Waals surface area contributed by atoms with Gasteiger partial charge in [0.25, 0.3) is 5.91 Å². The van der Waals surface area contributed by atoms with Crippen molar-refractivity contribution in [2.24, 2.45) is 11.7 Å². The van der Waals surface area contributed by atoms with Crippen LogP contribution in [0.4, 0.5) is 0 Å². The Balaban J connectivity index is 1.34. The monoisotopic (exact) mass is 577 g/mol. The highest BCUT2D eigenvalue weighted by molar-refractivity contribution is 6.32. The fraction of sp³-hybridized carbons (Fsp3) is 0.419. The third-order valence-electron chi connectivity index (χ3n) is 7.88. The molecule has 9 nitrogen and oxygen atoms in total. The number of aromatic nitrogens is 2. The van der Waals surface area contributed by atoms with Gasteiger partial charge in [-0.1, -0.05) is 35.9 Å². The van der Waals surface area contributed by atoms with Crippen molar-refractivity contribution in [2.75, 3.05) is 33.4 Å². The number of halogens is 1. The molecule has 0 bridgehead atoms. The predicted octanol–water partition coefficient (Wildman–Crippen LogP) is 4.50. The van der Waals surface area contributed by atoms with E-state index in [-0.39, 0.29) is 30.4 Å². The molecule has 2 amide bonds. The zero-order valence-corrected chi connectivity index (χ0v) is 24.2. The van der Waals surface area contributed by atoms with E-state index in [0.29, 0.717) is 40.9 Å². The molecule has 0 aliphatic carbocycles. The molecule has 0 unspecified atom stereocenters. The molecule has 1 saturated heterocycles. The van der Waals surface area contributed by atoms with E-state index in [4.69, 9.17) is 31.8 Å². The van der Waals surface area contributed by atoms with E-state index in [1.807, 2.05) is 49.4 Å². The molecule has 1 aromatic heterocycles. The predicted molar refractivity (Wildman–Crippen MR) is 157 cm³/mol. The molecule has 41 heavy (non-hydrogen) atoms. The Labute approximate surface area is 245 Å². The van der Waals surface area contributed by atoms with Gasteiger partial charge in [0.15, 0.2) is 0 Å². The van der Waals surface area contributed by atoms with Gasteiger partial charge in [-0.2, -0.15) is 0 Å². The molecular weight excluding hydrogens is 542 g/mol. The van der Waals surface area contributed by atoms with E-state index >= 15 is 0 Å². The van der Waals surface area contributed by atoms with Crippen LogP contribution in [-0.4, -0.2) is 60.1 Å². The Kier molecular flexibility index (Phi) is 9.17. The van der Waals surface area contributed by atoms with Gasteiger partial charge in [-0.05, 0) is 68.0 Å². The van der Waals surface area contributed by atoms with Crippen LogP contribution in [0.25, 0.3) is 11.3 Å². The van der Waals surface area contributed by atoms with Gasteiger partial charge in [-0.15, -0.1) is 0 Å². The molecular formula is C31H36ClN5O4. The van der Waals surface area contributed by atoms with E-state index in [2.05, 4.69) is 10.3 Å². The molecule has 1 fully saturated rings. The first-order valence-electron chi connectivity index (χ1n) is 14.1. The van der Waals surface area contributed by atoms with Crippen LogP contribution >= 0.6 is 11.6 Å². The summed E-state index contributed by atoms with van der Waals surface area (Å²) in [6, 6.07) is 12.7. The van der Waals surface area contributed by atoms with Crippen LogP contribution in [0.3, 0.4) is 0 Å². The van der Waals surface area contributed by atoms with Crippen LogP contribution in [-0.2, 0) is 16.0 Å². The Morgan fingerprint density at radius 1 is 1.24 bits per heavy atom. The summed E-state index contributed by atoms with van der Waals surface area (Å²) in [4.78, 5) is 37.6. The minimum atomic E-state index is -0.292. The highest BCUT2D eigenvalue weighted by atomic mass is 35.5. The summed E-state index contributed by atoms with van der Waals surface area (Å²) in [6.45, 7) is 3.72. The number of nitrogens with one attached hydrogen (secondary N) is 1. The molecule has 2 aliphatic rings. The van der Waals surface area contributed by atoms with Crippen molar-refractivity contribution in [3.05, 3.63) is 76.2 Å². The van der Waals surface area contributed by atoms with E-state index in [9.17, 15) is 9.59 Å². The zero-order valence-electron chi connectivity index (χ0n) is 23.4. The van der Waals surface area contributed by atoms with E-state index in [0.717, 1.165) is 55.0 Å². The summed E-state index contributed by atoms with van der Waals surface area (Å²) in [6.07, 6.45) is 4.90. The van der Waals surface area contributed by atoms with Crippen molar-refractivity contribution >= 4 is 23.4 Å². The van der Waals surface area contributed by atoms with Crippen LogP contribution in [0.1, 0.15) is 65.6 Å². The van der Waals surface area contributed by atoms with Gasteiger partial charge >= 0.3 is 0 Å². The molecule has 2 aliphatic heterocycles. The number of hydrogen-bond donors (Lipinski definition) is 2. The van der Waals surface area contributed by atoms with E-state index in [1.54, 1.807) is 18.2 Å². The lowest BCUT2D eigenvalue weighted by Crippen LogP contribution is -2.40. The number of carbonyl (C=O) groups is 2. The Morgan fingerprint density at radius 3 is 2.80 bits per heavy atom. The lowest BCUT2D eigenvalue weighted by Gasteiger charge is -2.25. The maximum absolute atomic E-state index is 13.7. The molecule has 0 saturated carbocycles. The summed E-state index contributed by atoms with van der Waals surface area (Å²) in [5.74, 6) is 1.46. The first kappa shape index (κ1) is 29.0. The van der Waals surface area contributed by atoms with Crippen molar-refractivity contribution in [3.8, 4) is 17.0 Å². The number of rotatable bonds is 10. The van der Waals surface area contributed by atoms with Gasteiger partial charge in [0.2, 0.25) is 5.91 Å². The largest absolute Gasteiger partial charge is 0.497 e. The molecule has 3 aromatic rings. The van der Waals surface area contributed by atoms with Crippen LogP contribution in [0.15, 0.2) is 48.7 Å². The van der Waals surface area contributed by atoms with E-state index < -0.39 is 0 Å². The van der Waals surface area contributed by atoms with Gasteiger partial charge in [-0.25, -0.2) is 9.97 Å². The van der Waals surface area contributed by atoms with Crippen molar-refractivity contribution in [1.29, 1.82) is 0 Å². The summed E-state index contributed by atoms with van der Waals surface area (Å²) >= 11 is 6.54. The summed E-state index contributed by atoms with van der Waals surface area (Å²) in [5.41, 5.74) is 9.56. The normalized spacial score (nSPS) is 17.8. The minimum Gasteiger partial charge on any atom is -0.497 e. The van der Waals surface area contributed by atoms with Crippen molar-refractivity contribution < 1.29 is 19.1 Å². The number of fused-ring (bicyclic) bond motifs is 1. The maximum atomic E-state index is 13.7. The van der Waals surface area contributed by atoms with Crippen molar-refractivity contribution in [2.45, 2.75) is 44.7 Å². The van der Waals surface area contributed by atoms with Crippen LogP contribution in [0.2, 0.25) is 5.02 Å². The third kappa shape index (κ3) is 6.53. The molecule has 3 N–H and O–H groups in total. The van der Waals surface area contributed by atoms with Crippen molar-refractivity contribution in [3.63, 3.8) is 0 Å². The van der Waals surface area contributed by atoms with Crippen LogP contribution in [0, 0.1) is 5.92 Å². The second-order valence-corrected chi connectivity index (χ2v) is 11.0. The maximum Gasteiger partial charge on any atom is 0.255 e. The zero-order chi connectivity index (χ0) is 28.9. The second kappa shape index (κ2) is 13.0. The van der Waals surface area contributed by atoms with Gasteiger partial charge in [0.05, 0.1) is 29.9 Å². The van der Waals surface area contributed by atoms with Crippen LogP contribution in [0.5, 0.6) is 5.75 Å². The SMILES string of the molecule is COc1cccc([C@@H](C)NC(=O)CN2C(=O)c3cc(-c4nc(CC5CCOCC5)ncc4Cl)ccc3[C@@H]2CCN)c1. The molecule has 2 atom stereocenters. The quantitative estimate of drug-likeness (QED) is 0.364. The topological polar surface area (TPSA) is 120 Å². The summed E-state index contributed by atoms with van der Waals surface area (Å²) in [7, 11) is 1.60. The second-order valence-electron chi connectivity index (χ2n) is 10.6. The van der Waals surface area contributed by atoms with Gasteiger partial charge in [0.1, 0.15) is 18.1 Å². The summed E-state index contributed by atoms with van der Waals surface area (Å²) < 4.78 is 10.8. The molecule has 0 radical (unpaired) electrons. The van der Waals surface area contributed by atoms with Gasteiger partial charge in [0, 0.05) is 37.0 Å². The number of carbonyl (C=O) groups excluding carboxylic acids is 2. The fourth-order valence-electron chi connectivity index (χ4n) is 5.64. The molecule has 3 heterocycles. The molecule has 10 heteroatoms. The number of amides is 2. The highest BCUT2D eigenvalue weighted by Gasteiger charge is 2.37. The Bertz CT molecular complexity index is 1410. The minimum absolute atomic E-state index is 0.0780. The summed E-state index contributed by atoms with van der Waals surface area (Å²) in [5, 5.41) is 3.43. The van der Waals surface area contributed by atoms with E-state index in [1.165, 1.54) is 0 Å². The number of methoxy groups -OCH3 is 1. The molecule has 216 valence electrons. The van der Waals surface area contributed by atoms with Gasteiger partial charge < -0.3 is 25.4 Å². The standard InChI is InChI=1S/C31H36ClN5O4/c1-19(21-4-3-5-23(15-21)40-2)35-29(38)18-37-27(8-11-33)24-7-6-22(16-25(24)31(37)39)30-26(32)17-34-28(36-30)14-20-9-12-41-13-10-20/h3-7,15-17,19-20,27H,8-14,18,33H2,1-2H3,(H,35,38)/t19-,27+/m1/s1. The molecule has 5 rings (SSSR count). The fourth-order valence-corrected chi connectivity index (χ4v) is 5.84. The lowest BCUT2D eigenvalue weighted by atomic mass is 9.96. The Morgan fingerprint density at radius 2 is 2.05 bits per heavy atom. The van der Waals surface area contributed by atoms with Gasteiger partial charge in [-0.3, -0.25) is 9.59 Å². The molecule has 0 spiro atoms. The third-order valence-corrected chi connectivity index (χ3v) is 8.16. The lowest BCUT2D eigenvalue weighted by molar-refractivity contribution is -0.122.